The summed E-state index contributed by atoms with van der Waals surface area (Å²) in [5.74, 6) is -1.79. The lowest BCUT2D eigenvalue weighted by atomic mass is 9.84. The van der Waals surface area contributed by atoms with Crippen LogP contribution in [0.15, 0.2) is 82.8 Å². The first-order valence-electron chi connectivity index (χ1n) is 12.7. The van der Waals surface area contributed by atoms with Crippen molar-refractivity contribution in [3.05, 3.63) is 94.0 Å². The predicted molar refractivity (Wildman–Crippen MR) is 152 cm³/mol. The zero-order valence-corrected chi connectivity index (χ0v) is 22.8. The predicted octanol–water partition coefficient (Wildman–Crippen LogP) is 6.37. The van der Waals surface area contributed by atoms with Crippen molar-refractivity contribution in [1.29, 1.82) is 0 Å². The van der Waals surface area contributed by atoms with E-state index in [2.05, 4.69) is 15.9 Å². The van der Waals surface area contributed by atoms with E-state index in [1.54, 1.807) is 42.7 Å². The van der Waals surface area contributed by atoms with Gasteiger partial charge in [-0.25, -0.2) is 14.6 Å². The Morgan fingerprint density at radius 1 is 0.872 bits per heavy atom. The molecule has 8 heteroatoms. The molecule has 0 spiro atoms. The smallest absolute Gasteiger partial charge is 0.337 e. The number of halogens is 1. The molecule has 0 saturated heterocycles. The van der Waals surface area contributed by atoms with Gasteiger partial charge in [-0.2, -0.15) is 0 Å². The second-order valence-corrected chi connectivity index (χ2v) is 10.0. The van der Waals surface area contributed by atoms with Gasteiger partial charge in [-0.15, -0.1) is 0 Å². The lowest BCUT2D eigenvalue weighted by Crippen LogP contribution is -2.34. The van der Waals surface area contributed by atoms with Crippen LogP contribution in [0.1, 0.15) is 35.8 Å². The molecule has 0 fully saturated rings. The highest BCUT2D eigenvalue weighted by molar-refractivity contribution is 9.10. The number of para-hydroxylation sites is 2. The van der Waals surface area contributed by atoms with Gasteiger partial charge in [0.1, 0.15) is 0 Å². The van der Waals surface area contributed by atoms with Gasteiger partial charge in [0.05, 0.1) is 41.2 Å². The van der Waals surface area contributed by atoms with Gasteiger partial charge in [-0.3, -0.25) is 4.79 Å². The number of allylic oxidation sites excluding steroid dienone is 1. The highest BCUT2D eigenvalue weighted by Crippen LogP contribution is 2.51. The van der Waals surface area contributed by atoms with Gasteiger partial charge in [0, 0.05) is 26.6 Å². The maximum atomic E-state index is 14.3. The second-order valence-electron chi connectivity index (χ2n) is 9.09. The summed E-state index contributed by atoms with van der Waals surface area (Å²) in [4.78, 5) is 46.8. The number of ketones is 1. The van der Waals surface area contributed by atoms with Crippen LogP contribution in [0.25, 0.3) is 38.8 Å². The first-order valence-corrected chi connectivity index (χ1v) is 13.5. The quantitative estimate of drug-likeness (QED) is 0.171. The lowest BCUT2D eigenvalue weighted by molar-refractivity contribution is -0.149. The summed E-state index contributed by atoms with van der Waals surface area (Å²) in [5, 5.41) is 1.57. The summed E-state index contributed by atoms with van der Waals surface area (Å²) in [7, 11) is 0. The number of hydrogen-bond donors (Lipinski definition) is 0. The molecular weight excluding hydrogens is 560 g/mol. The number of carbonyl (C=O) groups excluding carboxylic acids is 3. The standard InChI is InChI=1S/C31H23BrN2O5/c1-3-38-30(36)25-24(29(35)17-13-15-18(32)16-14-17)23-19-9-5-6-10-20(19)26-27(23)34(28(25)31(37)39-4-2)22-12-8-7-11-21(22)33-26/h5-16,28H,3-4H2,1-2H3. The molecular formula is C31H23BrN2O5. The van der Waals surface area contributed by atoms with Gasteiger partial charge in [0.2, 0.25) is 0 Å². The Kier molecular flexibility index (Phi) is 6.27. The van der Waals surface area contributed by atoms with Crippen molar-refractivity contribution in [2.75, 3.05) is 13.2 Å². The first kappa shape index (κ1) is 25.0. The van der Waals surface area contributed by atoms with E-state index in [4.69, 9.17) is 14.5 Å². The second kappa shape index (κ2) is 9.78. The Balaban J connectivity index is 1.82. The van der Waals surface area contributed by atoms with E-state index >= 15 is 0 Å². The van der Waals surface area contributed by atoms with E-state index < -0.39 is 23.8 Å². The molecule has 1 aliphatic carbocycles. The fraction of sp³-hybridized carbons (Fsp3) is 0.161. The molecule has 1 atom stereocenters. The summed E-state index contributed by atoms with van der Waals surface area (Å²) in [6.45, 7) is 3.57. The van der Waals surface area contributed by atoms with Crippen LogP contribution in [-0.2, 0) is 19.1 Å². The molecule has 7 nitrogen and oxygen atoms in total. The van der Waals surface area contributed by atoms with Gasteiger partial charge in [0.25, 0.3) is 0 Å². The third kappa shape index (κ3) is 3.86. The molecule has 39 heavy (non-hydrogen) atoms. The highest BCUT2D eigenvalue weighted by Gasteiger charge is 2.45. The van der Waals surface area contributed by atoms with Crippen LogP contribution >= 0.6 is 15.9 Å². The molecule has 0 aromatic heterocycles. The van der Waals surface area contributed by atoms with Crippen LogP contribution in [0.3, 0.4) is 0 Å². The Morgan fingerprint density at radius 2 is 1.54 bits per heavy atom. The number of nitrogens with zero attached hydrogens (tertiary/aromatic N) is 2. The van der Waals surface area contributed by atoms with Crippen LogP contribution in [0.4, 0.5) is 0 Å². The van der Waals surface area contributed by atoms with Gasteiger partial charge in [0.15, 0.2) is 11.8 Å². The SMILES string of the molecule is CCOC(=O)C1=C(C(=O)c2ccc(Br)cc2)c2c3n(c4ccccc4nc-3c3ccccc23)C1C(=O)OCC. The topological polar surface area (TPSA) is 87.5 Å². The van der Waals surface area contributed by atoms with Crippen LogP contribution < -0.4 is 0 Å². The molecule has 0 N–H and O–H groups in total. The number of aromatic nitrogens is 2. The molecule has 6 rings (SSSR count). The monoisotopic (exact) mass is 582 g/mol. The minimum Gasteiger partial charge on any atom is -0.464 e. The maximum absolute atomic E-state index is 14.3. The van der Waals surface area contributed by atoms with Crippen LogP contribution in [0.2, 0.25) is 0 Å². The number of carbonyl (C=O) groups is 3. The molecule has 3 aliphatic rings. The Hall–Kier alpha value is -4.30. The summed E-state index contributed by atoms with van der Waals surface area (Å²) >= 11 is 3.42. The van der Waals surface area contributed by atoms with E-state index in [0.717, 1.165) is 15.2 Å². The minimum absolute atomic E-state index is 0.0466. The maximum Gasteiger partial charge on any atom is 0.337 e. The largest absolute Gasteiger partial charge is 0.464 e. The van der Waals surface area contributed by atoms with Crippen LogP contribution in [-0.4, -0.2) is 40.5 Å². The van der Waals surface area contributed by atoms with E-state index in [1.165, 1.54) is 0 Å². The lowest BCUT2D eigenvalue weighted by Gasteiger charge is -2.32. The Labute approximate surface area is 232 Å². The van der Waals surface area contributed by atoms with E-state index in [-0.39, 0.29) is 24.4 Å². The molecule has 0 radical (unpaired) electrons. The van der Waals surface area contributed by atoms with Gasteiger partial charge in [-0.05, 0) is 55.6 Å². The molecule has 3 aromatic carbocycles. The Morgan fingerprint density at radius 3 is 2.26 bits per heavy atom. The number of hydrogen-bond acceptors (Lipinski definition) is 6. The van der Waals surface area contributed by atoms with Crippen molar-refractivity contribution >= 4 is 61.0 Å². The summed E-state index contributed by atoms with van der Waals surface area (Å²) < 4.78 is 13.6. The average Bonchev–Trinajstić information content (AvgIpc) is 3.27. The highest BCUT2D eigenvalue weighted by atomic mass is 79.9. The van der Waals surface area contributed by atoms with Crippen molar-refractivity contribution < 1.29 is 23.9 Å². The number of rotatable bonds is 6. The third-order valence-corrected chi connectivity index (χ3v) is 7.45. The summed E-state index contributed by atoms with van der Waals surface area (Å²) in [6, 6.07) is 20.7. The number of ether oxygens (including phenoxy) is 2. The van der Waals surface area contributed by atoms with Crippen molar-refractivity contribution in [3.8, 4) is 11.4 Å². The first-order chi connectivity index (χ1) is 19.0. The average molecular weight is 583 g/mol. The van der Waals surface area contributed by atoms with Crippen LogP contribution in [0, 0.1) is 0 Å². The fourth-order valence-corrected chi connectivity index (χ4v) is 5.67. The molecule has 194 valence electrons. The summed E-state index contributed by atoms with van der Waals surface area (Å²) in [5.41, 5.74) is 3.52. The molecule has 1 unspecified atom stereocenters. The van der Waals surface area contributed by atoms with Gasteiger partial charge in [-0.1, -0.05) is 52.3 Å². The minimum atomic E-state index is -1.25. The number of fused-ring (bicyclic) bond motifs is 5. The van der Waals surface area contributed by atoms with Crippen molar-refractivity contribution in [2.45, 2.75) is 19.9 Å². The van der Waals surface area contributed by atoms with Gasteiger partial charge < -0.3 is 14.0 Å². The van der Waals surface area contributed by atoms with E-state index in [1.807, 2.05) is 48.5 Å². The zero-order chi connectivity index (χ0) is 27.3. The third-order valence-electron chi connectivity index (χ3n) is 6.92. The summed E-state index contributed by atoms with van der Waals surface area (Å²) in [6.07, 6.45) is 0. The van der Waals surface area contributed by atoms with Gasteiger partial charge >= 0.3 is 11.9 Å². The van der Waals surface area contributed by atoms with Crippen molar-refractivity contribution in [3.63, 3.8) is 0 Å². The molecule has 0 amide bonds. The molecule has 0 saturated carbocycles. The molecule has 3 aromatic rings. The number of esters is 2. The normalized spacial score (nSPS) is 14.7. The molecule has 0 bridgehead atoms. The number of benzene rings is 3. The Bertz CT molecular complexity index is 1800. The number of Topliss-reactive ketones (excluding diaryl/α,β-unsaturated/α-hetero) is 1. The van der Waals surface area contributed by atoms with Crippen molar-refractivity contribution in [2.24, 2.45) is 0 Å². The zero-order valence-electron chi connectivity index (χ0n) is 21.2. The van der Waals surface area contributed by atoms with E-state index in [0.29, 0.717) is 33.5 Å². The molecule has 2 heterocycles. The fourth-order valence-electron chi connectivity index (χ4n) is 5.40. The van der Waals surface area contributed by atoms with E-state index in [9.17, 15) is 14.4 Å². The van der Waals surface area contributed by atoms with Crippen LogP contribution in [0.5, 0.6) is 0 Å². The van der Waals surface area contributed by atoms with Crippen molar-refractivity contribution in [1.82, 2.24) is 9.55 Å². The molecule has 2 aliphatic heterocycles.